The summed E-state index contributed by atoms with van der Waals surface area (Å²) >= 11 is 7.63. The average molecular weight is 391 g/mol. The molecular formula is C20H23ClN2O2S. The molecule has 138 valence electrons. The zero-order valence-electron chi connectivity index (χ0n) is 15.1. The lowest BCUT2D eigenvalue weighted by atomic mass is 10.1. The fraction of sp³-hybridized carbons (Fsp3) is 0.300. The van der Waals surface area contributed by atoms with E-state index in [4.69, 9.17) is 11.6 Å². The molecule has 2 aromatic rings. The van der Waals surface area contributed by atoms with E-state index in [1.807, 2.05) is 56.3 Å². The first-order chi connectivity index (χ1) is 12.3. The van der Waals surface area contributed by atoms with Crippen LogP contribution in [-0.2, 0) is 16.1 Å². The van der Waals surface area contributed by atoms with Crippen LogP contribution in [0.25, 0.3) is 0 Å². The largest absolute Gasteiger partial charge is 0.350 e. The Bertz CT molecular complexity index is 778. The lowest BCUT2D eigenvalue weighted by Crippen LogP contribution is -2.47. The van der Waals surface area contributed by atoms with Crippen LogP contribution in [0.5, 0.6) is 0 Å². The summed E-state index contributed by atoms with van der Waals surface area (Å²) in [6.07, 6.45) is 0. The molecular weight excluding hydrogens is 368 g/mol. The third-order valence-electron chi connectivity index (χ3n) is 3.84. The minimum Gasteiger partial charge on any atom is -0.350 e. The Morgan fingerprint density at radius 1 is 1.12 bits per heavy atom. The summed E-state index contributed by atoms with van der Waals surface area (Å²) in [5.74, 6) is -0.00637. The molecule has 2 N–H and O–H groups in total. The maximum atomic E-state index is 12.5. The van der Waals surface area contributed by atoms with E-state index in [0.717, 1.165) is 16.0 Å². The van der Waals surface area contributed by atoms with Crippen molar-refractivity contribution in [2.24, 2.45) is 0 Å². The Balaban J connectivity index is 1.96. The van der Waals surface area contributed by atoms with Crippen LogP contribution in [0.1, 0.15) is 23.6 Å². The number of carbonyl (C=O) groups excluding carboxylic acids is 2. The van der Waals surface area contributed by atoms with Gasteiger partial charge in [0.05, 0.1) is 0 Å². The van der Waals surface area contributed by atoms with E-state index >= 15 is 0 Å². The molecule has 0 heterocycles. The van der Waals surface area contributed by atoms with Gasteiger partial charge in [-0.25, -0.2) is 0 Å². The van der Waals surface area contributed by atoms with Crippen LogP contribution in [-0.4, -0.2) is 23.6 Å². The van der Waals surface area contributed by atoms with Gasteiger partial charge in [0.2, 0.25) is 11.8 Å². The predicted molar refractivity (Wildman–Crippen MR) is 108 cm³/mol. The summed E-state index contributed by atoms with van der Waals surface area (Å²) in [6.45, 7) is 5.79. The Labute approximate surface area is 163 Å². The van der Waals surface area contributed by atoms with Gasteiger partial charge in [-0.2, -0.15) is 0 Å². The molecule has 0 aliphatic rings. The van der Waals surface area contributed by atoms with Gasteiger partial charge < -0.3 is 10.6 Å². The van der Waals surface area contributed by atoms with Gasteiger partial charge in [-0.3, -0.25) is 9.59 Å². The Morgan fingerprint density at radius 3 is 2.42 bits per heavy atom. The molecule has 0 radical (unpaired) electrons. The van der Waals surface area contributed by atoms with Crippen molar-refractivity contribution in [1.82, 2.24) is 10.6 Å². The second-order valence-electron chi connectivity index (χ2n) is 6.18. The number of halogens is 1. The quantitative estimate of drug-likeness (QED) is 0.705. The van der Waals surface area contributed by atoms with Crippen LogP contribution >= 0.6 is 23.4 Å². The van der Waals surface area contributed by atoms with Crippen LogP contribution in [0, 0.1) is 13.8 Å². The van der Waals surface area contributed by atoms with Crippen molar-refractivity contribution in [1.29, 1.82) is 0 Å². The van der Waals surface area contributed by atoms with Gasteiger partial charge in [0.25, 0.3) is 0 Å². The normalized spacial score (nSPS) is 11.7. The molecule has 0 aliphatic carbocycles. The highest BCUT2D eigenvalue weighted by Crippen LogP contribution is 2.25. The zero-order chi connectivity index (χ0) is 19.1. The number of aryl methyl sites for hydroxylation is 2. The van der Waals surface area contributed by atoms with Gasteiger partial charge in [0, 0.05) is 29.1 Å². The van der Waals surface area contributed by atoms with E-state index in [1.54, 1.807) is 0 Å². The van der Waals surface area contributed by atoms with Gasteiger partial charge in [-0.05, 0) is 37.1 Å². The number of nitrogens with one attached hydrogen (secondary N) is 2. The van der Waals surface area contributed by atoms with E-state index in [1.165, 1.54) is 24.2 Å². The molecule has 0 aromatic heterocycles. The molecule has 6 heteroatoms. The first-order valence-corrected chi connectivity index (χ1v) is 9.71. The average Bonchev–Trinajstić information content (AvgIpc) is 2.60. The van der Waals surface area contributed by atoms with Gasteiger partial charge in [-0.1, -0.05) is 47.5 Å². The molecule has 0 saturated carbocycles. The van der Waals surface area contributed by atoms with Crippen molar-refractivity contribution in [2.75, 3.05) is 5.75 Å². The minimum atomic E-state index is -0.608. The molecule has 0 fully saturated rings. The summed E-state index contributed by atoms with van der Waals surface area (Å²) in [5.41, 5.74) is 3.19. The molecule has 2 aromatic carbocycles. The third kappa shape index (κ3) is 6.39. The highest BCUT2D eigenvalue weighted by atomic mass is 35.5. The van der Waals surface area contributed by atoms with Crippen molar-refractivity contribution in [3.05, 3.63) is 64.2 Å². The summed E-state index contributed by atoms with van der Waals surface area (Å²) in [6, 6.07) is 13.1. The molecule has 4 nitrogen and oxygen atoms in total. The summed E-state index contributed by atoms with van der Waals surface area (Å²) in [4.78, 5) is 24.9. The molecule has 1 atom stereocenters. The van der Waals surface area contributed by atoms with Gasteiger partial charge in [0.15, 0.2) is 0 Å². The van der Waals surface area contributed by atoms with Gasteiger partial charge >= 0.3 is 0 Å². The number of benzene rings is 2. The van der Waals surface area contributed by atoms with Crippen LogP contribution in [0.15, 0.2) is 47.4 Å². The fourth-order valence-electron chi connectivity index (χ4n) is 2.29. The molecule has 0 aliphatic heterocycles. The van der Waals surface area contributed by atoms with Crippen molar-refractivity contribution < 1.29 is 9.59 Å². The minimum absolute atomic E-state index is 0.202. The Morgan fingerprint density at radius 2 is 1.81 bits per heavy atom. The number of carbonyl (C=O) groups is 2. The van der Waals surface area contributed by atoms with E-state index in [9.17, 15) is 9.59 Å². The number of hydrogen-bond acceptors (Lipinski definition) is 3. The molecule has 1 unspecified atom stereocenters. The molecule has 0 spiro atoms. The SMILES string of the molecule is CC(=O)NC(CSc1ccc(C)c(Cl)c1)C(=O)NCc1ccc(C)cc1. The first-order valence-electron chi connectivity index (χ1n) is 8.34. The van der Waals surface area contributed by atoms with Crippen molar-refractivity contribution in [2.45, 2.75) is 38.3 Å². The molecule has 2 rings (SSSR count). The highest BCUT2D eigenvalue weighted by Gasteiger charge is 2.19. The monoisotopic (exact) mass is 390 g/mol. The van der Waals surface area contributed by atoms with Crippen LogP contribution in [0.3, 0.4) is 0 Å². The van der Waals surface area contributed by atoms with Crippen LogP contribution in [0.4, 0.5) is 0 Å². The van der Waals surface area contributed by atoms with Crippen molar-refractivity contribution >= 4 is 35.2 Å². The highest BCUT2D eigenvalue weighted by molar-refractivity contribution is 7.99. The third-order valence-corrected chi connectivity index (χ3v) is 5.34. The summed E-state index contributed by atoms with van der Waals surface area (Å²) < 4.78 is 0. The number of amides is 2. The lowest BCUT2D eigenvalue weighted by molar-refractivity contribution is -0.127. The molecule has 2 amide bonds. The standard InChI is InChI=1S/C20H23ClN2O2S/c1-13-4-7-16(8-5-13)11-22-20(25)19(23-15(3)24)12-26-17-9-6-14(2)18(21)10-17/h4-10,19H,11-12H2,1-3H3,(H,22,25)(H,23,24). The lowest BCUT2D eigenvalue weighted by Gasteiger charge is -2.17. The smallest absolute Gasteiger partial charge is 0.243 e. The Kier molecular flexibility index (Phi) is 7.54. The Hall–Kier alpha value is -1.98. The van der Waals surface area contributed by atoms with Crippen LogP contribution in [0.2, 0.25) is 5.02 Å². The zero-order valence-corrected chi connectivity index (χ0v) is 16.7. The first kappa shape index (κ1) is 20.3. The maximum Gasteiger partial charge on any atom is 0.243 e. The van der Waals surface area contributed by atoms with E-state index in [2.05, 4.69) is 10.6 Å². The van der Waals surface area contributed by atoms with Crippen LogP contribution < -0.4 is 10.6 Å². The number of rotatable bonds is 7. The summed E-state index contributed by atoms with van der Waals surface area (Å²) in [5, 5.41) is 6.29. The second-order valence-corrected chi connectivity index (χ2v) is 7.68. The summed E-state index contributed by atoms with van der Waals surface area (Å²) in [7, 11) is 0. The van der Waals surface area contributed by atoms with E-state index < -0.39 is 6.04 Å². The number of thioether (sulfide) groups is 1. The number of hydrogen-bond donors (Lipinski definition) is 2. The molecule has 0 saturated heterocycles. The van der Waals surface area contributed by atoms with E-state index in [-0.39, 0.29) is 11.8 Å². The van der Waals surface area contributed by atoms with Crippen molar-refractivity contribution in [3.8, 4) is 0 Å². The van der Waals surface area contributed by atoms with Gasteiger partial charge in [-0.15, -0.1) is 11.8 Å². The molecule has 26 heavy (non-hydrogen) atoms. The van der Waals surface area contributed by atoms with E-state index in [0.29, 0.717) is 17.3 Å². The maximum absolute atomic E-state index is 12.5. The predicted octanol–water partition coefficient (Wildman–Crippen LogP) is 3.87. The fourth-order valence-corrected chi connectivity index (χ4v) is 3.49. The van der Waals surface area contributed by atoms with Crippen molar-refractivity contribution in [3.63, 3.8) is 0 Å². The molecule has 0 bridgehead atoms. The topological polar surface area (TPSA) is 58.2 Å². The van der Waals surface area contributed by atoms with Gasteiger partial charge in [0.1, 0.15) is 6.04 Å². The second kappa shape index (κ2) is 9.64.